The van der Waals surface area contributed by atoms with E-state index in [-0.39, 0.29) is 6.04 Å². The van der Waals surface area contributed by atoms with E-state index in [0.717, 1.165) is 32.2 Å². The summed E-state index contributed by atoms with van der Waals surface area (Å²) in [6.07, 6.45) is 0. The van der Waals surface area contributed by atoms with Gasteiger partial charge in [-0.2, -0.15) is 0 Å². The first-order valence-electron chi connectivity index (χ1n) is 7.20. The van der Waals surface area contributed by atoms with Crippen molar-refractivity contribution in [2.24, 2.45) is 5.73 Å². The van der Waals surface area contributed by atoms with Gasteiger partial charge in [-0.05, 0) is 19.5 Å². The maximum atomic E-state index is 14.0. The average molecular weight is 283 g/mol. The highest BCUT2D eigenvalue weighted by atomic mass is 19.2. The zero-order chi connectivity index (χ0) is 14.7. The summed E-state index contributed by atoms with van der Waals surface area (Å²) in [7, 11) is 0. The highest BCUT2D eigenvalue weighted by molar-refractivity contribution is 5.23. The van der Waals surface area contributed by atoms with Crippen molar-refractivity contribution in [1.29, 1.82) is 0 Å². The summed E-state index contributed by atoms with van der Waals surface area (Å²) in [6.45, 7) is 8.19. The quantitative estimate of drug-likeness (QED) is 0.917. The van der Waals surface area contributed by atoms with Crippen LogP contribution in [0.4, 0.5) is 8.78 Å². The van der Waals surface area contributed by atoms with E-state index in [1.165, 1.54) is 0 Å². The van der Waals surface area contributed by atoms with Crippen LogP contribution in [0.3, 0.4) is 0 Å². The van der Waals surface area contributed by atoms with E-state index in [2.05, 4.69) is 23.6 Å². The molecule has 112 valence electrons. The zero-order valence-corrected chi connectivity index (χ0v) is 12.1. The summed E-state index contributed by atoms with van der Waals surface area (Å²) in [4.78, 5) is 4.54. The maximum Gasteiger partial charge on any atom is 0.163 e. The van der Waals surface area contributed by atoms with Crippen LogP contribution in [0.25, 0.3) is 0 Å². The molecule has 0 aromatic heterocycles. The third kappa shape index (κ3) is 3.00. The fourth-order valence-electron chi connectivity index (χ4n) is 3.03. The van der Waals surface area contributed by atoms with Crippen LogP contribution in [0.2, 0.25) is 0 Å². The summed E-state index contributed by atoms with van der Waals surface area (Å²) < 4.78 is 27.4. The summed E-state index contributed by atoms with van der Waals surface area (Å²) in [5, 5.41) is 0. The van der Waals surface area contributed by atoms with Gasteiger partial charge in [0.25, 0.3) is 0 Å². The number of likely N-dealkylation sites (N-methyl/N-ethyl adjacent to an activating group) is 1. The summed E-state index contributed by atoms with van der Waals surface area (Å²) in [6, 6.07) is 4.46. The molecule has 0 bridgehead atoms. The smallest absolute Gasteiger partial charge is 0.163 e. The van der Waals surface area contributed by atoms with E-state index in [4.69, 9.17) is 5.73 Å². The van der Waals surface area contributed by atoms with Crippen LogP contribution in [0, 0.1) is 11.6 Å². The van der Waals surface area contributed by atoms with E-state index in [1.54, 1.807) is 12.1 Å². The van der Waals surface area contributed by atoms with Gasteiger partial charge in [0, 0.05) is 37.8 Å². The Bertz CT molecular complexity index is 453. The van der Waals surface area contributed by atoms with E-state index in [1.807, 2.05) is 0 Å². The van der Waals surface area contributed by atoms with Crippen LogP contribution in [-0.4, -0.2) is 48.6 Å². The summed E-state index contributed by atoms with van der Waals surface area (Å²) in [5.74, 6) is -1.57. The topological polar surface area (TPSA) is 32.5 Å². The predicted octanol–water partition coefficient (Wildman–Crippen LogP) is 1.99. The van der Waals surface area contributed by atoms with Crippen molar-refractivity contribution in [2.45, 2.75) is 25.9 Å². The lowest BCUT2D eigenvalue weighted by atomic mass is 10.0. The average Bonchev–Trinajstić information content (AvgIpc) is 2.44. The van der Waals surface area contributed by atoms with Crippen molar-refractivity contribution < 1.29 is 8.78 Å². The van der Waals surface area contributed by atoms with Gasteiger partial charge < -0.3 is 5.73 Å². The van der Waals surface area contributed by atoms with Crippen molar-refractivity contribution in [3.63, 3.8) is 0 Å². The van der Waals surface area contributed by atoms with Gasteiger partial charge in [-0.3, -0.25) is 9.80 Å². The fourth-order valence-corrected chi connectivity index (χ4v) is 3.03. The molecule has 1 aliphatic rings. The number of nitrogens with zero attached hydrogens (tertiary/aromatic N) is 2. The Balaban J connectivity index is 2.19. The Hall–Kier alpha value is -1.04. The monoisotopic (exact) mass is 283 g/mol. The maximum absolute atomic E-state index is 14.0. The van der Waals surface area contributed by atoms with Crippen LogP contribution >= 0.6 is 0 Å². The Morgan fingerprint density at radius 3 is 2.70 bits per heavy atom. The first-order chi connectivity index (χ1) is 9.58. The lowest BCUT2D eigenvalue weighted by Crippen LogP contribution is -2.53. The van der Waals surface area contributed by atoms with Crippen molar-refractivity contribution in [3.05, 3.63) is 35.4 Å². The Labute approximate surface area is 119 Å². The van der Waals surface area contributed by atoms with E-state index >= 15 is 0 Å². The number of hydrogen-bond donors (Lipinski definition) is 1. The minimum atomic E-state index is -0.804. The molecule has 0 aliphatic carbocycles. The lowest BCUT2D eigenvalue weighted by Gasteiger charge is -2.42. The largest absolute Gasteiger partial charge is 0.329 e. The minimum absolute atomic E-state index is 0.257. The number of benzene rings is 1. The molecule has 20 heavy (non-hydrogen) atoms. The standard InChI is InChI=1S/C15H23F2N3/c1-3-19-7-8-20(10-11(19)2)14(9-18)12-5-4-6-13(16)15(12)17/h4-6,11,14H,3,7-10,18H2,1-2H3. The summed E-state index contributed by atoms with van der Waals surface area (Å²) in [5.41, 5.74) is 6.19. The molecule has 2 N–H and O–H groups in total. The van der Waals surface area contributed by atoms with Gasteiger partial charge in [0.1, 0.15) is 0 Å². The van der Waals surface area contributed by atoms with Crippen LogP contribution in [0.15, 0.2) is 18.2 Å². The van der Waals surface area contributed by atoms with Crippen LogP contribution in [0.5, 0.6) is 0 Å². The zero-order valence-electron chi connectivity index (χ0n) is 12.1. The summed E-state index contributed by atoms with van der Waals surface area (Å²) >= 11 is 0. The van der Waals surface area contributed by atoms with Crippen LogP contribution in [0.1, 0.15) is 25.5 Å². The molecule has 2 unspecified atom stereocenters. The molecule has 1 fully saturated rings. The fraction of sp³-hybridized carbons (Fsp3) is 0.600. The molecular formula is C15H23F2N3. The molecule has 0 amide bonds. The van der Waals surface area contributed by atoms with Gasteiger partial charge in [-0.25, -0.2) is 8.78 Å². The van der Waals surface area contributed by atoms with Crippen LogP contribution in [-0.2, 0) is 0 Å². The SMILES string of the molecule is CCN1CCN(C(CN)c2cccc(F)c2F)CC1C. The van der Waals surface area contributed by atoms with Gasteiger partial charge in [-0.1, -0.05) is 19.1 Å². The van der Waals surface area contributed by atoms with Crippen molar-refractivity contribution in [2.75, 3.05) is 32.7 Å². The molecular weight excluding hydrogens is 260 g/mol. The molecule has 2 rings (SSSR count). The molecule has 0 spiro atoms. The van der Waals surface area contributed by atoms with Gasteiger partial charge in [0.05, 0.1) is 6.04 Å². The van der Waals surface area contributed by atoms with E-state index in [9.17, 15) is 8.78 Å². The second kappa shape index (κ2) is 6.61. The molecule has 1 aromatic carbocycles. The lowest BCUT2D eigenvalue weighted by molar-refractivity contribution is 0.0594. The van der Waals surface area contributed by atoms with Gasteiger partial charge in [0.15, 0.2) is 11.6 Å². The van der Waals surface area contributed by atoms with Gasteiger partial charge >= 0.3 is 0 Å². The number of rotatable bonds is 4. The van der Waals surface area contributed by atoms with Crippen molar-refractivity contribution in [1.82, 2.24) is 9.80 Å². The Morgan fingerprint density at radius 2 is 2.10 bits per heavy atom. The second-order valence-electron chi connectivity index (χ2n) is 5.37. The second-order valence-corrected chi connectivity index (χ2v) is 5.37. The third-order valence-electron chi connectivity index (χ3n) is 4.21. The molecule has 1 saturated heterocycles. The Kier molecular flexibility index (Phi) is 5.07. The van der Waals surface area contributed by atoms with Crippen LogP contribution < -0.4 is 5.73 Å². The predicted molar refractivity (Wildman–Crippen MR) is 76.4 cm³/mol. The number of piperazine rings is 1. The Morgan fingerprint density at radius 1 is 1.35 bits per heavy atom. The van der Waals surface area contributed by atoms with E-state index < -0.39 is 11.6 Å². The minimum Gasteiger partial charge on any atom is -0.329 e. The molecule has 2 atom stereocenters. The van der Waals surface area contributed by atoms with Gasteiger partial charge in [0.2, 0.25) is 0 Å². The molecule has 0 saturated carbocycles. The first-order valence-corrected chi connectivity index (χ1v) is 7.20. The highest BCUT2D eigenvalue weighted by Gasteiger charge is 2.29. The molecule has 1 heterocycles. The normalized spacial score (nSPS) is 22.9. The highest BCUT2D eigenvalue weighted by Crippen LogP contribution is 2.26. The van der Waals surface area contributed by atoms with Crippen molar-refractivity contribution in [3.8, 4) is 0 Å². The number of halogens is 2. The van der Waals surface area contributed by atoms with Gasteiger partial charge in [-0.15, -0.1) is 0 Å². The number of hydrogen-bond acceptors (Lipinski definition) is 3. The first kappa shape index (κ1) is 15.4. The molecule has 1 aromatic rings. The molecule has 0 radical (unpaired) electrons. The van der Waals surface area contributed by atoms with Crippen molar-refractivity contribution >= 4 is 0 Å². The molecule has 3 nitrogen and oxygen atoms in total. The molecule has 5 heteroatoms. The molecule has 1 aliphatic heterocycles. The third-order valence-corrected chi connectivity index (χ3v) is 4.21. The van der Waals surface area contributed by atoms with E-state index in [0.29, 0.717) is 18.2 Å². The number of nitrogens with two attached hydrogens (primary N) is 1.